The highest BCUT2D eigenvalue weighted by Gasteiger charge is 2.27. The third-order valence-corrected chi connectivity index (χ3v) is 3.83. The summed E-state index contributed by atoms with van der Waals surface area (Å²) in [6.07, 6.45) is 4.37. The van der Waals surface area contributed by atoms with Crippen LogP contribution in [0.4, 0.5) is 0 Å². The fourth-order valence-corrected chi connectivity index (χ4v) is 2.75. The Morgan fingerprint density at radius 2 is 1.89 bits per heavy atom. The Hall–Kier alpha value is -0.160. The zero-order valence-corrected chi connectivity index (χ0v) is 12.8. The second-order valence-corrected chi connectivity index (χ2v) is 6.85. The number of ether oxygens (including phenoxy) is 2. The Balaban J connectivity index is 1.66. The number of hydrogen-bond donors (Lipinski definition) is 1. The minimum absolute atomic E-state index is 0.184. The van der Waals surface area contributed by atoms with E-state index in [-0.39, 0.29) is 5.54 Å². The van der Waals surface area contributed by atoms with E-state index < -0.39 is 0 Å². The van der Waals surface area contributed by atoms with Gasteiger partial charge < -0.3 is 14.8 Å². The Labute approximate surface area is 117 Å². The highest BCUT2D eigenvalue weighted by Crippen LogP contribution is 2.21. The molecule has 2 aliphatic rings. The van der Waals surface area contributed by atoms with Crippen LogP contribution in [0.15, 0.2) is 0 Å². The third-order valence-electron chi connectivity index (χ3n) is 3.83. The molecule has 4 heteroatoms. The predicted molar refractivity (Wildman–Crippen MR) is 77.5 cm³/mol. The maximum atomic E-state index is 6.16. The third kappa shape index (κ3) is 5.78. The highest BCUT2D eigenvalue weighted by atomic mass is 16.5. The lowest BCUT2D eigenvalue weighted by Crippen LogP contribution is -2.41. The molecule has 2 unspecified atom stereocenters. The smallest absolute Gasteiger partial charge is 0.0707 e. The van der Waals surface area contributed by atoms with Crippen molar-refractivity contribution < 1.29 is 9.47 Å². The summed E-state index contributed by atoms with van der Waals surface area (Å²) in [6, 6.07) is 0. The van der Waals surface area contributed by atoms with Crippen molar-refractivity contribution in [1.82, 2.24) is 10.2 Å². The molecule has 2 saturated heterocycles. The van der Waals surface area contributed by atoms with Gasteiger partial charge >= 0.3 is 0 Å². The number of hydrogen-bond acceptors (Lipinski definition) is 4. The van der Waals surface area contributed by atoms with Gasteiger partial charge in [0.15, 0.2) is 0 Å². The Morgan fingerprint density at radius 3 is 2.68 bits per heavy atom. The summed E-state index contributed by atoms with van der Waals surface area (Å²) in [5.74, 6) is 0. The fourth-order valence-electron chi connectivity index (χ4n) is 2.75. The van der Waals surface area contributed by atoms with Crippen LogP contribution in [0.2, 0.25) is 0 Å². The van der Waals surface area contributed by atoms with E-state index in [0.29, 0.717) is 12.2 Å². The zero-order valence-electron chi connectivity index (χ0n) is 12.8. The van der Waals surface area contributed by atoms with Gasteiger partial charge in [-0.2, -0.15) is 0 Å². The first kappa shape index (κ1) is 15.2. The van der Waals surface area contributed by atoms with Gasteiger partial charge in [0.2, 0.25) is 0 Å². The maximum absolute atomic E-state index is 6.16. The van der Waals surface area contributed by atoms with Crippen molar-refractivity contribution in [3.8, 4) is 0 Å². The van der Waals surface area contributed by atoms with Gasteiger partial charge in [-0.05, 0) is 40.0 Å². The van der Waals surface area contributed by atoms with Gasteiger partial charge in [0.25, 0.3) is 0 Å². The largest absolute Gasteiger partial charge is 0.380 e. The van der Waals surface area contributed by atoms with Crippen LogP contribution in [-0.4, -0.2) is 62.0 Å². The summed E-state index contributed by atoms with van der Waals surface area (Å²) in [6.45, 7) is 12.7. The van der Waals surface area contributed by atoms with Crippen LogP contribution in [0, 0.1) is 0 Å². The Kier molecular flexibility index (Phi) is 5.63. The predicted octanol–water partition coefficient (Wildman–Crippen LogP) is 1.64. The van der Waals surface area contributed by atoms with E-state index in [1.807, 2.05) is 0 Å². The quantitative estimate of drug-likeness (QED) is 0.842. The van der Waals surface area contributed by atoms with Crippen LogP contribution in [0.5, 0.6) is 0 Å². The summed E-state index contributed by atoms with van der Waals surface area (Å²) in [4.78, 5) is 2.50. The molecule has 2 heterocycles. The molecule has 0 aromatic carbocycles. The highest BCUT2D eigenvalue weighted by molar-refractivity contribution is 4.81. The van der Waals surface area contributed by atoms with Crippen LogP contribution in [0.3, 0.4) is 0 Å². The average Bonchev–Trinajstić information content (AvgIpc) is 2.61. The van der Waals surface area contributed by atoms with E-state index in [2.05, 4.69) is 31.0 Å². The van der Waals surface area contributed by atoms with Gasteiger partial charge in [0.05, 0.1) is 18.8 Å². The summed E-state index contributed by atoms with van der Waals surface area (Å²) in [7, 11) is 0. The SMILES string of the molecule is CC(C)(C)NCC1CCC(CN2CCCOCC2)O1. The molecule has 0 bridgehead atoms. The molecule has 2 fully saturated rings. The first-order valence-electron chi connectivity index (χ1n) is 7.73. The molecule has 2 rings (SSSR count). The molecule has 0 aromatic rings. The van der Waals surface area contributed by atoms with E-state index in [0.717, 1.165) is 45.8 Å². The van der Waals surface area contributed by atoms with Crippen molar-refractivity contribution >= 4 is 0 Å². The van der Waals surface area contributed by atoms with Gasteiger partial charge in [-0.1, -0.05) is 0 Å². The van der Waals surface area contributed by atoms with Gasteiger partial charge in [0, 0.05) is 38.3 Å². The normalized spacial score (nSPS) is 30.5. The van der Waals surface area contributed by atoms with E-state index in [1.165, 1.54) is 12.8 Å². The summed E-state index contributed by atoms with van der Waals surface area (Å²) in [5, 5.41) is 3.54. The standard InChI is InChI=1S/C15H30N2O2/c1-15(2,3)16-11-13-5-6-14(19-13)12-17-7-4-9-18-10-8-17/h13-14,16H,4-12H2,1-3H3. The van der Waals surface area contributed by atoms with Crippen molar-refractivity contribution in [2.45, 2.75) is 57.8 Å². The van der Waals surface area contributed by atoms with Crippen LogP contribution < -0.4 is 5.32 Å². The maximum Gasteiger partial charge on any atom is 0.0707 e. The zero-order chi connectivity index (χ0) is 13.7. The van der Waals surface area contributed by atoms with Crippen LogP contribution in [0.25, 0.3) is 0 Å². The van der Waals surface area contributed by atoms with Crippen molar-refractivity contribution in [2.75, 3.05) is 39.4 Å². The molecule has 0 radical (unpaired) electrons. The molecule has 112 valence electrons. The fraction of sp³-hybridized carbons (Fsp3) is 1.00. The second kappa shape index (κ2) is 7.02. The summed E-state index contributed by atoms with van der Waals surface area (Å²) >= 11 is 0. The van der Waals surface area contributed by atoms with E-state index in [9.17, 15) is 0 Å². The molecule has 0 aliphatic carbocycles. The van der Waals surface area contributed by atoms with Crippen molar-refractivity contribution in [2.24, 2.45) is 0 Å². The first-order chi connectivity index (χ1) is 9.03. The molecular formula is C15H30N2O2. The minimum atomic E-state index is 0.184. The lowest BCUT2D eigenvalue weighted by Gasteiger charge is -2.25. The monoisotopic (exact) mass is 270 g/mol. The molecule has 1 N–H and O–H groups in total. The molecular weight excluding hydrogens is 240 g/mol. The lowest BCUT2D eigenvalue weighted by molar-refractivity contribution is 0.0204. The molecule has 0 aromatic heterocycles. The number of rotatable bonds is 4. The van der Waals surface area contributed by atoms with Crippen molar-refractivity contribution in [3.63, 3.8) is 0 Å². The van der Waals surface area contributed by atoms with Gasteiger partial charge in [-0.25, -0.2) is 0 Å². The average molecular weight is 270 g/mol. The van der Waals surface area contributed by atoms with Gasteiger partial charge in [-0.3, -0.25) is 4.90 Å². The van der Waals surface area contributed by atoms with Crippen molar-refractivity contribution in [1.29, 1.82) is 0 Å². The lowest BCUT2D eigenvalue weighted by atomic mass is 10.1. The van der Waals surface area contributed by atoms with Crippen LogP contribution in [0.1, 0.15) is 40.0 Å². The molecule has 4 nitrogen and oxygen atoms in total. The summed E-state index contributed by atoms with van der Waals surface area (Å²) in [5.41, 5.74) is 0.184. The van der Waals surface area contributed by atoms with Crippen molar-refractivity contribution in [3.05, 3.63) is 0 Å². The molecule has 0 spiro atoms. The molecule has 2 atom stereocenters. The van der Waals surface area contributed by atoms with E-state index in [1.54, 1.807) is 0 Å². The first-order valence-corrected chi connectivity index (χ1v) is 7.73. The molecule has 19 heavy (non-hydrogen) atoms. The molecule has 2 aliphatic heterocycles. The van der Waals surface area contributed by atoms with E-state index in [4.69, 9.17) is 9.47 Å². The molecule has 0 saturated carbocycles. The van der Waals surface area contributed by atoms with Gasteiger partial charge in [0.1, 0.15) is 0 Å². The van der Waals surface area contributed by atoms with E-state index >= 15 is 0 Å². The van der Waals surface area contributed by atoms with Gasteiger partial charge in [-0.15, -0.1) is 0 Å². The number of nitrogens with zero attached hydrogens (tertiary/aromatic N) is 1. The Bertz CT molecular complexity index is 257. The Morgan fingerprint density at radius 1 is 1.11 bits per heavy atom. The van der Waals surface area contributed by atoms with Crippen LogP contribution in [-0.2, 0) is 9.47 Å². The number of nitrogens with one attached hydrogen (secondary N) is 1. The van der Waals surface area contributed by atoms with Crippen LogP contribution >= 0.6 is 0 Å². The molecule has 0 amide bonds. The topological polar surface area (TPSA) is 33.7 Å². The minimum Gasteiger partial charge on any atom is -0.380 e. The second-order valence-electron chi connectivity index (χ2n) is 6.85. The summed E-state index contributed by atoms with van der Waals surface area (Å²) < 4.78 is 11.6.